The molecule has 1 saturated heterocycles. The van der Waals surface area contributed by atoms with Gasteiger partial charge in [0.15, 0.2) is 0 Å². The molecule has 3 rings (SSSR count). The van der Waals surface area contributed by atoms with Gasteiger partial charge in [0, 0.05) is 18.8 Å². The molecule has 1 atom stereocenters. The normalized spacial score (nSPS) is 26.8. The number of nitrogens with zero attached hydrogens (tertiary/aromatic N) is 2. The monoisotopic (exact) mass is 205 g/mol. The van der Waals surface area contributed by atoms with Crippen molar-refractivity contribution in [3.8, 4) is 0 Å². The summed E-state index contributed by atoms with van der Waals surface area (Å²) in [6.07, 6.45) is 8.75. The molecule has 2 aliphatic rings. The second-order valence-electron chi connectivity index (χ2n) is 4.88. The van der Waals surface area contributed by atoms with E-state index >= 15 is 0 Å². The van der Waals surface area contributed by atoms with Gasteiger partial charge in [0.25, 0.3) is 0 Å². The Morgan fingerprint density at radius 2 is 2.27 bits per heavy atom. The highest BCUT2D eigenvalue weighted by Gasteiger charge is 2.23. The van der Waals surface area contributed by atoms with Gasteiger partial charge in [-0.15, -0.1) is 0 Å². The van der Waals surface area contributed by atoms with Crippen LogP contribution in [0.3, 0.4) is 0 Å². The predicted octanol–water partition coefficient (Wildman–Crippen LogP) is 2.11. The molecule has 82 valence electrons. The zero-order valence-corrected chi connectivity index (χ0v) is 9.15. The van der Waals surface area contributed by atoms with E-state index in [0.29, 0.717) is 6.04 Å². The summed E-state index contributed by atoms with van der Waals surface area (Å²) >= 11 is 0. The smallest absolute Gasteiger partial charge is 0.0553 e. The van der Waals surface area contributed by atoms with Crippen LogP contribution in [-0.2, 0) is 6.54 Å². The molecule has 1 saturated carbocycles. The molecule has 1 aromatic rings. The van der Waals surface area contributed by atoms with Crippen LogP contribution < -0.4 is 5.32 Å². The topological polar surface area (TPSA) is 29.9 Å². The molecule has 1 unspecified atom stereocenters. The van der Waals surface area contributed by atoms with Crippen molar-refractivity contribution in [3.05, 3.63) is 18.0 Å². The van der Waals surface area contributed by atoms with E-state index in [-0.39, 0.29) is 0 Å². The Hall–Kier alpha value is -0.830. The molecule has 2 heterocycles. The standard InChI is InChI=1S/C12H19N3/c1-3-10(4-1)9-15-12(6-8-14-15)11-5-2-7-13-11/h6,8,10-11,13H,1-5,7,9H2. The van der Waals surface area contributed by atoms with Gasteiger partial charge in [-0.2, -0.15) is 5.10 Å². The van der Waals surface area contributed by atoms with Crippen LogP contribution in [0.1, 0.15) is 43.8 Å². The molecule has 1 N–H and O–H groups in total. The van der Waals surface area contributed by atoms with Crippen molar-refractivity contribution in [1.82, 2.24) is 15.1 Å². The van der Waals surface area contributed by atoms with Crippen LogP contribution in [0.5, 0.6) is 0 Å². The minimum Gasteiger partial charge on any atom is -0.309 e. The molecule has 1 aliphatic heterocycles. The van der Waals surface area contributed by atoms with E-state index in [0.717, 1.165) is 12.5 Å². The van der Waals surface area contributed by atoms with E-state index in [1.165, 1.54) is 44.3 Å². The minimum absolute atomic E-state index is 0.563. The fraction of sp³-hybridized carbons (Fsp3) is 0.750. The third-order valence-corrected chi connectivity index (χ3v) is 3.82. The van der Waals surface area contributed by atoms with Crippen molar-refractivity contribution >= 4 is 0 Å². The summed E-state index contributed by atoms with van der Waals surface area (Å²) in [5, 5.41) is 8.01. The molecule has 0 radical (unpaired) electrons. The summed E-state index contributed by atoms with van der Waals surface area (Å²) < 4.78 is 2.23. The first-order chi connectivity index (χ1) is 7.43. The Labute approximate surface area is 90.9 Å². The van der Waals surface area contributed by atoms with Crippen molar-refractivity contribution in [2.24, 2.45) is 5.92 Å². The lowest BCUT2D eigenvalue weighted by molar-refractivity contribution is 0.261. The molecular weight excluding hydrogens is 186 g/mol. The summed E-state index contributed by atoms with van der Waals surface area (Å²) in [6, 6.07) is 2.74. The summed E-state index contributed by atoms with van der Waals surface area (Å²) in [7, 11) is 0. The maximum atomic E-state index is 4.46. The van der Waals surface area contributed by atoms with Crippen molar-refractivity contribution in [1.29, 1.82) is 0 Å². The second-order valence-corrected chi connectivity index (χ2v) is 4.88. The molecule has 2 fully saturated rings. The molecular formula is C12H19N3. The van der Waals surface area contributed by atoms with Crippen LogP contribution in [0.25, 0.3) is 0 Å². The average molecular weight is 205 g/mol. The van der Waals surface area contributed by atoms with Crippen molar-refractivity contribution in [2.75, 3.05) is 6.54 Å². The van der Waals surface area contributed by atoms with Crippen molar-refractivity contribution in [3.63, 3.8) is 0 Å². The molecule has 1 aromatic heterocycles. The van der Waals surface area contributed by atoms with E-state index in [1.807, 2.05) is 6.20 Å². The van der Waals surface area contributed by atoms with Crippen LogP contribution >= 0.6 is 0 Å². The Morgan fingerprint density at radius 3 is 2.93 bits per heavy atom. The van der Waals surface area contributed by atoms with Crippen LogP contribution in [-0.4, -0.2) is 16.3 Å². The first-order valence-electron chi connectivity index (χ1n) is 6.18. The van der Waals surface area contributed by atoms with Gasteiger partial charge in [0.2, 0.25) is 0 Å². The molecule has 0 amide bonds. The minimum atomic E-state index is 0.563. The second kappa shape index (κ2) is 3.97. The van der Waals surface area contributed by atoms with Crippen LogP contribution in [0.15, 0.2) is 12.3 Å². The first-order valence-corrected chi connectivity index (χ1v) is 6.18. The van der Waals surface area contributed by atoms with E-state index in [9.17, 15) is 0 Å². The van der Waals surface area contributed by atoms with E-state index in [2.05, 4.69) is 21.2 Å². The van der Waals surface area contributed by atoms with Crippen molar-refractivity contribution in [2.45, 2.75) is 44.7 Å². The molecule has 1 aliphatic carbocycles. The highest BCUT2D eigenvalue weighted by molar-refractivity contribution is 5.08. The highest BCUT2D eigenvalue weighted by Crippen LogP contribution is 2.29. The first kappa shape index (κ1) is 9.40. The van der Waals surface area contributed by atoms with Gasteiger partial charge in [-0.1, -0.05) is 6.42 Å². The van der Waals surface area contributed by atoms with Gasteiger partial charge in [-0.3, -0.25) is 4.68 Å². The zero-order valence-electron chi connectivity index (χ0n) is 9.15. The average Bonchev–Trinajstić information content (AvgIpc) is 2.81. The number of nitrogens with one attached hydrogen (secondary N) is 1. The summed E-state index contributed by atoms with van der Waals surface area (Å²) in [6.45, 7) is 2.31. The number of aromatic nitrogens is 2. The molecule has 3 nitrogen and oxygen atoms in total. The Kier molecular flexibility index (Phi) is 2.49. The van der Waals surface area contributed by atoms with E-state index < -0.39 is 0 Å². The van der Waals surface area contributed by atoms with Gasteiger partial charge >= 0.3 is 0 Å². The summed E-state index contributed by atoms with van der Waals surface area (Å²) in [5.74, 6) is 0.894. The Balaban J connectivity index is 1.72. The fourth-order valence-electron chi connectivity index (χ4n) is 2.65. The summed E-state index contributed by atoms with van der Waals surface area (Å²) in [5.41, 5.74) is 1.40. The Morgan fingerprint density at radius 1 is 1.33 bits per heavy atom. The molecule has 15 heavy (non-hydrogen) atoms. The SMILES string of the molecule is c1cc(C2CCCN2)n(CC2CCC2)n1. The maximum Gasteiger partial charge on any atom is 0.0553 e. The zero-order chi connectivity index (χ0) is 10.1. The molecule has 3 heteroatoms. The van der Waals surface area contributed by atoms with Crippen LogP contribution in [0, 0.1) is 5.92 Å². The van der Waals surface area contributed by atoms with E-state index in [4.69, 9.17) is 0 Å². The fourth-order valence-corrected chi connectivity index (χ4v) is 2.65. The molecule has 0 bridgehead atoms. The third kappa shape index (κ3) is 1.81. The van der Waals surface area contributed by atoms with Crippen molar-refractivity contribution < 1.29 is 0 Å². The van der Waals surface area contributed by atoms with Gasteiger partial charge in [0.1, 0.15) is 0 Å². The van der Waals surface area contributed by atoms with Crippen LogP contribution in [0.4, 0.5) is 0 Å². The third-order valence-electron chi connectivity index (χ3n) is 3.82. The van der Waals surface area contributed by atoms with Gasteiger partial charge in [-0.05, 0) is 44.2 Å². The lowest BCUT2D eigenvalue weighted by atomic mass is 9.85. The number of hydrogen-bond acceptors (Lipinski definition) is 2. The van der Waals surface area contributed by atoms with Gasteiger partial charge in [0.05, 0.1) is 5.69 Å². The van der Waals surface area contributed by atoms with E-state index in [1.54, 1.807) is 0 Å². The highest BCUT2D eigenvalue weighted by atomic mass is 15.3. The lowest BCUT2D eigenvalue weighted by Gasteiger charge is -2.26. The summed E-state index contributed by atoms with van der Waals surface area (Å²) in [4.78, 5) is 0. The predicted molar refractivity (Wildman–Crippen MR) is 59.5 cm³/mol. The quantitative estimate of drug-likeness (QED) is 0.819. The molecule has 0 aromatic carbocycles. The number of hydrogen-bond donors (Lipinski definition) is 1. The van der Waals surface area contributed by atoms with Gasteiger partial charge < -0.3 is 5.32 Å². The van der Waals surface area contributed by atoms with Crippen LogP contribution in [0.2, 0.25) is 0 Å². The maximum absolute atomic E-state index is 4.46. The molecule has 0 spiro atoms. The van der Waals surface area contributed by atoms with Gasteiger partial charge in [-0.25, -0.2) is 0 Å². The Bertz CT molecular complexity index is 321. The number of rotatable bonds is 3. The largest absolute Gasteiger partial charge is 0.309 e. The lowest BCUT2D eigenvalue weighted by Crippen LogP contribution is -2.23.